The van der Waals surface area contributed by atoms with E-state index in [0.717, 1.165) is 5.56 Å². The molecule has 0 saturated carbocycles. The third kappa shape index (κ3) is 4.97. The highest BCUT2D eigenvalue weighted by Gasteiger charge is 2.12. The van der Waals surface area contributed by atoms with Crippen molar-refractivity contribution in [2.75, 3.05) is 26.0 Å². The van der Waals surface area contributed by atoms with E-state index < -0.39 is 0 Å². The van der Waals surface area contributed by atoms with Crippen LogP contribution in [0.3, 0.4) is 0 Å². The van der Waals surface area contributed by atoms with Crippen LogP contribution in [0.2, 0.25) is 10.0 Å². The fourth-order valence-corrected chi connectivity index (χ4v) is 2.23. The summed E-state index contributed by atoms with van der Waals surface area (Å²) in [6.07, 6.45) is 3.33. The van der Waals surface area contributed by atoms with E-state index in [1.807, 2.05) is 0 Å². The number of benzene rings is 1. The largest absolute Gasteiger partial charge is 0.482 e. The number of anilines is 1. The van der Waals surface area contributed by atoms with Gasteiger partial charge >= 0.3 is 0 Å². The van der Waals surface area contributed by atoms with Gasteiger partial charge in [0, 0.05) is 43.6 Å². The molecule has 2 rings (SSSR count). The highest BCUT2D eigenvalue weighted by Crippen LogP contribution is 2.27. The van der Waals surface area contributed by atoms with Gasteiger partial charge < -0.3 is 15.0 Å². The average Bonchev–Trinajstić information content (AvgIpc) is 2.54. The van der Waals surface area contributed by atoms with Crippen molar-refractivity contribution < 1.29 is 9.53 Å². The van der Waals surface area contributed by atoms with Crippen LogP contribution in [0.5, 0.6) is 5.75 Å². The van der Waals surface area contributed by atoms with Gasteiger partial charge in [0.2, 0.25) is 5.95 Å². The Morgan fingerprint density at radius 2 is 2.00 bits per heavy atom. The van der Waals surface area contributed by atoms with Gasteiger partial charge in [0.05, 0.1) is 5.02 Å². The van der Waals surface area contributed by atoms with Crippen LogP contribution >= 0.6 is 23.2 Å². The summed E-state index contributed by atoms with van der Waals surface area (Å²) in [5.74, 6) is 0.761. The van der Waals surface area contributed by atoms with Crippen LogP contribution in [0.4, 0.5) is 5.95 Å². The van der Waals surface area contributed by atoms with Crippen molar-refractivity contribution in [2.45, 2.75) is 6.54 Å². The molecule has 1 N–H and O–H groups in total. The SMILES string of the molecule is CNc1ncc(CN(C)C(=O)COc2ccc(Cl)cc2Cl)cn1. The minimum Gasteiger partial charge on any atom is -0.482 e. The Labute approximate surface area is 144 Å². The first kappa shape index (κ1) is 17.3. The number of hydrogen-bond donors (Lipinski definition) is 1. The number of likely N-dealkylation sites (N-methyl/N-ethyl adjacent to an activating group) is 1. The van der Waals surface area contributed by atoms with E-state index in [-0.39, 0.29) is 12.5 Å². The van der Waals surface area contributed by atoms with Crippen molar-refractivity contribution in [2.24, 2.45) is 0 Å². The second kappa shape index (κ2) is 7.99. The lowest BCUT2D eigenvalue weighted by atomic mass is 10.3. The number of carbonyl (C=O) groups excluding carboxylic acids is 1. The van der Waals surface area contributed by atoms with Crippen molar-refractivity contribution in [3.8, 4) is 5.75 Å². The third-order valence-electron chi connectivity index (χ3n) is 3.02. The molecule has 2 aromatic rings. The number of halogens is 2. The molecule has 6 nitrogen and oxygen atoms in total. The molecule has 1 aromatic heterocycles. The monoisotopic (exact) mass is 354 g/mol. The number of rotatable bonds is 6. The van der Waals surface area contributed by atoms with E-state index in [1.54, 1.807) is 44.7 Å². The second-order valence-corrected chi connectivity index (χ2v) is 5.62. The van der Waals surface area contributed by atoms with Gasteiger partial charge in [-0.2, -0.15) is 0 Å². The maximum Gasteiger partial charge on any atom is 0.260 e. The smallest absolute Gasteiger partial charge is 0.260 e. The van der Waals surface area contributed by atoms with E-state index >= 15 is 0 Å². The van der Waals surface area contributed by atoms with Crippen LogP contribution in [0.15, 0.2) is 30.6 Å². The van der Waals surface area contributed by atoms with E-state index in [4.69, 9.17) is 27.9 Å². The number of hydrogen-bond acceptors (Lipinski definition) is 5. The zero-order valence-electron chi connectivity index (χ0n) is 12.7. The first-order valence-electron chi connectivity index (χ1n) is 6.80. The van der Waals surface area contributed by atoms with E-state index in [0.29, 0.717) is 28.3 Å². The molecule has 0 bridgehead atoms. The second-order valence-electron chi connectivity index (χ2n) is 4.78. The Morgan fingerprint density at radius 1 is 1.30 bits per heavy atom. The summed E-state index contributed by atoms with van der Waals surface area (Å²) in [6.45, 7) is 0.272. The van der Waals surface area contributed by atoms with Crippen molar-refractivity contribution in [1.82, 2.24) is 14.9 Å². The maximum atomic E-state index is 12.1. The van der Waals surface area contributed by atoms with Crippen LogP contribution in [-0.2, 0) is 11.3 Å². The molecule has 0 unspecified atom stereocenters. The molecule has 1 aromatic carbocycles. The lowest BCUT2D eigenvalue weighted by Gasteiger charge is -2.17. The number of ether oxygens (including phenoxy) is 1. The predicted molar refractivity (Wildman–Crippen MR) is 90.0 cm³/mol. The fraction of sp³-hybridized carbons (Fsp3) is 0.267. The Hall–Kier alpha value is -2.05. The van der Waals surface area contributed by atoms with Gasteiger partial charge in [0.15, 0.2) is 6.61 Å². The fourth-order valence-electron chi connectivity index (χ4n) is 1.77. The van der Waals surface area contributed by atoms with Crippen LogP contribution in [0, 0.1) is 0 Å². The molecular formula is C15H16Cl2N4O2. The molecule has 0 aliphatic rings. The van der Waals surface area contributed by atoms with Crippen LogP contribution in [0.25, 0.3) is 0 Å². The van der Waals surface area contributed by atoms with Gasteiger partial charge in [0.25, 0.3) is 5.91 Å². The molecule has 0 aliphatic carbocycles. The molecule has 0 spiro atoms. The quantitative estimate of drug-likeness (QED) is 0.863. The minimum absolute atomic E-state index is 0.118. The molecule has 0 fully saturated rings. The zero-order valence-corrected chi connectivity index (χ0v) is 14.2. The van der Waals surface area contributed by atoms with Gasteiger partial charge in [0.1, 0.15) is 5.75 Å². The predicted octanol–water partition coefficient (Wildman–Crippen LogP) is 2.86. The number of nitrogens with zero attached hydrogens (tertiary/aromatic N) is 3. The zero-order chi connectivity index (χ0) is 16.8. The van der Waals surface area contributed by atoms with E-state index in [1.165, 1.54) is 4.90 Å². The summed E-state index contributed by atoms with van der Waals surface area (Å²) >= 11 is 11.8. The van der Waals surface area contributed by atoms with Crippen LogP contribution < -0.4 is 10.1 Å². The first-order valence-corrected chi connectivity index (χ1v) is 7.55. The number of amides is 1. The van der Waals surface area contributed by atoms with Gasteiger partial charge in [-0.3, -0.25) is 4.79 Å². The average molecular weight is 355 g/mol. The normalized spacial score (nSPS) is 10.3. The minimum atomic E-state index is -0.186. The summed E-state index contributed by atoms with van der Waals surface area (Å²) in [4.78, 5) is 21.8. The van der Waals surface area contributed by atoms with Crippen LogP contribution in [-0.4, -0.2) is 41.5 Å². The van der Waals surface area contributed by atoms with Crippen molar-refractivity contribution in [3.05, 3.63) is 46.2 Å². The molecule has 0 radical (unpaired) electrons. The Morgan fingerprint density at radius 3 is 2.61 bits per heavy atom. The molecule has 0 atom stereocenters. The molecule has 0 aliphatic heterocycles. The molecular weight excluding hydrogens is 339 g/mol. The Kier molecular flexibility index (Phi) is 6.01. The van der Waals surface area contributed by atoms with E-state index in [2.05, 4.69) is 15.3 Å². The Balaban J connectivity index is 1.89. The van der Waals surface area contributed by atoms with E-state index in [9.17, 15) is 4.79 Å². The molecule has 1 heterocycles. The molecule has 8 heteroatoms. The van der Waals surface area contributed by atoms with Crippen LogP contribution in [0.1, 0.15) is 5.56 Å². The molecule has 122 valence electrons. The topological polar surface area (TPSA) is 67.4 Å². The summed E-state index contributed by atoms with van der Waals surface area (Å²) in [5.41, 5.74) is 0.823. The molecule has 23 heavy (non-hydrogen) atoms. The highest BCUT2D eigenvalue weighted by atomic mass is 35.5. The highest BCUT2D eigenvalue weighted by molar-refractivity contribution is 6.35. The van der Waals surface area contributed by atoms with Gasteiger partial charge in [-0.25, -0.2) is 9.97 Å². The van der Waals surface area contributed by atoms with Gasteiger partial charge in [-0.1, -0.05) is 23.2 Å². The molecule has 0 saturated heterocycles. The third-order valence-corrected chi connectivity index (χ3v) is 3.55. The van der Waals surface area contributed by atoms with Gasteiger partial charge in [-0.15, -0.1) is 0 Å². The van der Waals surface area contributed by atoms with Crippen molar-refractivity contribution in [1.29, 1.82) is 0 Å². The summed E-state index contributed by atoms with van der Waals surface area (Å²) < 4.78 is 5.43. The van der Waals surface area contributed by atoms with Crippen molar-refractivity contribution >= 4 is 35.1 Å². The summed E-state index contributed by atoms with van der Waals surface area (Å²) in [6, 6.07) is 4.84. The number of aromatic nitrogens is 2. The molecule has 1 amide bonds. The van der Waals surface area contributed by atoms with Crippen molar-refractivity contribution in [3.63, 3.8) is 0 Å². The van der Waals surface area contributed by atoms with Gasteiger partial charge in [-0.05, 0) is 18.2 Å². The number of carbonyl (C=O) groups is 1. The lowest BCUT2D eigenvalue weighted by Crippen LogP contribution is -2.31. The Bertz CT molecular complexity index is 680. The maximum absolute atomic E-state index is 12.1. The summed E-state index contributed by atoms with van der Waals surface area (Å²) in [7, 11) is 3.42. The lowest BCUT2D eigenvalue weighted by molar-refractivity contribution is -0.132. The standard InChI is InChI=1S/C15H16Cl2N4O2/c1-18-15-19-6-10(7-20-15)8-21(2)14(22)9-23-13-4-3-11(16)5-12(13)17/h3-7H,8-9H2,1-2H3,(H,18,19,20). The first-order chi connectivity index (χ1) is 11.0. The summed E-state index contributed by atoms with van der Waals surface area (Å²) in [5, 5.41) is 3.71. The number of nitrogens with one attached hydrogen (secondary N) is 1.